The number of nitrogens with zero attached hydrogens (tertiary/aromatic N) is 3. The first-order valence-electron chi connectivity index (χ1n) is 8.35. The van der Waals surface area contributed by atoms with Gasteiger partial charge in [-0.1, -0.05) is 6.07 Å². The Kier molecular flexibility index (Phi) is 4.34. The molecule has 8 heteroatoms. The predicted molar refractivity (Wildman–Crippen MR) is 91.3 cm³/mol. The van der Waals surface area contributed by atoms with Crippen LogP contribution in [0.1, 0.15) is 36.7 Å². The summed E-state index contributed by atoms with van der Waals surface area (Å²) in [5.74, 6) is 2.21. The van der Waals surface area contributed by atoms with Gasteiger partial charge in [0, 0.05) is 33.1 Å². The van der Waals surface area contributed by atoms with Crippen LogP contribution in [0.5, 0.6) is 11.5 Å². The van der Waals surface area contributed by atoms with E-state index in [0.717, 1.165) is 11.3 Å². The van der Waals surface area contributed by atoms with E-state index in [0.29, 0.717) is 30.5 Å². The number of methoxy groups -OCH3 is 1. The van der Waals surface area contributed by atoms with Gasteiger partial charge in [-0.3, -0.25) is 4.79 Å². The molecule has 2 aromatic rings. The van der Waals surface area contributed by atoms with Crippen LogP contribution in [0, 0.1) is 0 Å². The molecule has 1 aromatic heterocycles. The van der Waals surface area contributed by atoms with Crippen molar-refractivity contribution in [3.8, 4) is 11.5 Å². The second-order valence-corrected chi connectivity index (χ2v) is 6.21. The second kappa shape index (κ2) is 6.80. The van der Waals surface area contributed by atoms with Crippen LogP contribution >= 0.6 is 0 Å². The molecular formula is C18H19N3O5. The zero-order valence-corrected chi connectivity index (χ0v) is 14.5. The molecule has 0 spiro atoms. The molecule has 2 atom stereocenters. The molecule has 2 aliphatic rings. The van der Waals surface area contributed by atoms with Gasteiger partial charge < -0.3 is 23.5 Å². The van der Waals surface area contributed by atoms with Gasteiger partial charge in [-0.05, 0) is 23.8 Å². The summed E-state index contributed by atoms with van der Waals surface area (Å²) in [5, 5.41) is 8.16. The Morgan fingerprint density at radius 1 is 1.27 bits per heavy atom. The molecule has 8 nitrogen and oxygen atoms in total. The highest BCUT2D eigenvalue weighted by atomic mass is 16.7. The number of benzene rings is 1. The summed E-state index contributed by atoms with van der Waals surface area (Å²) in [7, 11) is 1.64. The molecule has 0 aliphatic carbocycles. The van der Waals surface area contributed by atoms with Gasteiger partial charge in [0.2, 0.25) is 24.5 Å². The number of fused-ring (bicyclic) bond motifs is 1. The Morgan fingerprint density at radius 2 is 2.12 bits per heavy atom. The molecule has 0 N–H and O–H groups in total. The van der Waals surface area contributed by atoms with Gasteiger partial charge >= 0.3 is 0 Å². The third-order valence-electron chi connectivity index (χ3n) is 4.56. The van der Waals surface area contributed by atoms with E-state index in [1.165, 1.54) is 6.92 Å². The molecule has 1 fully saturated rings. The second-order valence-electron chi connectivity index (χ2n) is 6.21. The van der Waals surface area contributed by atoms with Crippen molar-refractivity contribution in [2.45, 2.75) is 25.5 Å². The number of likely N-dealkylation sites (tertiary alicyclic amines) is 1. The van der Waals surface area contributed by atoms with Crippen molar-refractivity contribution in [2.24, 2.45) is 0 Å². The SMILES string of the molecule is CO[C@H]1C[C@H](c2nnc(/C=C/c3ccc4c(c3)OCO4)o2)N(C(C)=O)C1. The number of hydrogen-bond acceptors (Lipinski definition) is 7. The van der Waals surface area contributed by atoms with Crippen molar-refractivity contribution in [2.75, 3.05) is 20.4 Å². The van der Waals surface area contributed by atoms with Crippen LogP contribution in [0.4, 0.5) is 0 Å². The number of hydrogen-bond donors (Lipinski definition) is 0. The molecule has 4 rings (SSSR count). The highest BCUT2D eigenvalue weighted by molar-refractivity contribution is 5.74. The van der Waals surface area contributed by atoms with E-state index in [1.54, 1.807) is 18.1 Å². The fraction of sp³-hybridized carbons (Fsp3) is 0.389. The van der Waals surface area contributed by atoms with Crippen LogP contribution in [0.25, 0.3) is 12.2 Å². The van der Waals surface area contributed by atoms with Gasteiger partial charge in [-0.25, -0.2) is 0 Å². The minimum atomic E-state index is -0.252. The summed E-state index contributed by atoms with van der Waals surface area (Å²) in [6, 6.07) is 5.40. The molecule has 3 heterocycles. The van der Waals surface area contributed by atoms with E-state index in [-0.39, 0.29) is 24.8 Å². The van der Waals surface area contributed by atoms with Crippen LogP contribution in [-0.2, 0) is 9.53 Å². The number of rotatable bonds is 4. The number of aromatic nitrogens is 2. The Labute approximate surface area is 150 Å². The van der Waals surface area contributed by atoms with Crippen molar-refractivity contribution >= 4 is 18.1 Å². The number of amides is 1. The standard InChI is InChI=1S/C18H19N3O5/c1-11(22)21-9-13(23-2)8-14(21)18-20-19-17(26-18)6-4-12-3-5-15-16(7-12)25-10-24-15/h3-7,13-14H,8-10H2,1-2H3/b6-4+/t13-,14+/m0/s1. The lowest BCUT2D eigenvalue weighted by Gasteiger charge is -2.19. The summed E-state index contributed by atoms with van der Waals surface area (Å²) < 4.78 is 21.8. The summed E-state index contributed by atoms with van der Waals surface area (Å²) >= 11 is 0. The predicted octanol–water partition coefficient (Wildman–Crippen LogP) is 2.28. The molecule has 2 aliphatic heterocycles. The molecule has 26 heavy (non-hydrogen) atoms. The van der Waals surface area contributed by atoms with Gasteiger partial charge in [-0.2, -0.15) is 0 Å². The smallest absolute Gasteiger partial charge is 0.240 e. The van der Waals surface area contributed by atoms with Crippen molar-refractivity contribution in [1.82, 2.24) is 15.1 Å². The summed E-state index contributed by atoms with van der Waals surface area (Å²) in [6.45, 7) is 2.30. The quantitative estimate of drug-likeness (QED) is 0.829. The first-order valence-corrected chi connectivity index (χ1v) is 8.35. The minimum Gasteiger partial charge on any atom is -0.454 e. The van der Waals surface area contributed by atoms with E-state index in [4.69, 9.17) is 18.6 Å². The lowest BCUT2D eigenvalue weighted by atomic mass is 10.2. The zero-order valence-electron chi connectivity index (χ0n) is 14.5. The van der Waals surface area contributed by atoms with E-state index >= 15 is 0 Å². The van der Waals surface area contributed by atoms with E-state index in [2.05, 4.69) is 10.2 Å². The van der Waals surface area contributed by atoms with Crippen LogP contribution < -0.4 is 9.47 Å². The Balaban J connectivity index is 1.50. The van der Waals surface area contributed by atoms with Crippen molar-refractivity contribution in [3.05, 3.63) is 35.5 Å². The summed E-state index contributed by atoms with van der Waals surface area (Å²) in [5.41, 5.74) is 0.930. The van der Waals surface area contributed by atoms with E-state index < -0.39 is 0 Å². The molecule has 1 amide bonds. The molecule has 0 saturated carbocycles. The van der Waals surface area contributed by atoms with E-state index in [9.17, 15) is 4.79 Å². The third-order valence-corrected chi connectivity index (χ3v) is 4.56. The summed E-state index contributed by atoms with van der Waals surface area (Å²) in [4.78, 5) is 13.5. The van der Waals surface area contributed by atoms with Crippen LogP contribution in [0.2, 0.25) is 0 Å². The zero-order chi connectivity index (χ0) is 18.1. The van der Waals surface area contributed by atoms with E-state index in [1.807, 2.05) is 24.3 Å². The maximum Gasteiger partial charge on any atom is 0.240 e. The molecule has 0 unspecified atom stereocenters. The van der Waals surface area contributed by atoms with Crippen LogP contribution in [-0.4, -0.2) is 47.6 Å². The fourth-order valence-corrected chi connectivity index (χ4v) is 3.18. The topological polar surface area (TPSA) is 86.9 Å². The van der Waals surface area contributed by atoms with Crippen molar-refractivity contribution in [1.29, 1.82) is 0 Å². The maximum atomic E-state index is 11.8. The average molecular weight is 357 g/mol. The number of ether oxygens (including phenoxy) is 3. The largest absolute Gasteiger partial charge is 0.454 e. The lowest BCUT2D eigenvalue weighted by Crippen LogP contribution is -2.29. The maximum absolute atomic E-state index is 11.8. The Morgan fingerprint density at radius 3 is 2.92 bits per heavy atom. The number of carbonyl (C=O) groups is 1. The molecule has 0 radical (unpaired) electrons. The van der Waals surface area contributed by atoms with Crippen molar-refractivity contribution in [3.63, 3.8) is 0 Å². The third kappa shape index (κ3) is 3.15. The van der Waals surface area contributed by atoms with Gasteiger partial charge in [0.05, 0.1) is 6.10 Å². The van der Waals surface area contributed by atoms with Gasteiger partial charge in [0.1, 0.15) is 6.04 Å². The Hall–Kier alpha value is -2.87. The molecule has 1 aromatic carbocycles. The molecule has 0 bridgehead atoms. The minimum absolute atomic E-state index is 0.0246. The van der Waals surface area contributed by atoms with Gasteiger partial charge in [0.15, 0.2) is 11.5 Å². The monoisotopic (exact) mass is 357 g/mol. The fourth-order valence-electron chi connectivity index (χ4n) is 3.18. The van der Waals surface area contributed by atoms with Crippen LogP contribution in [0.15, 0.2) is 22.6 Å². The first-order chi connectivity index (χ1) is 12.6. The molecular weight excluding hydrogens is 338 g/mol. The van der Waals surface area contributed by atoms with Crippen molar-refractivity contribution < 1.29 is 23.4 Å². The average Bonchev–Trinajstić information content (AvgIpc) is 3.37. The lowest BCUT2D eigenvalue weighted by molar-refractivity contribution is -0.130. The highest BCUT2D eigenvalue weighted by Gasteiger charge is 2.38. The normalized spacial score (nSPS) is 21.7. The van der Waals surface area contributed by atoms with Gasteiger partial charge in [-0.15, -0.1) is 10.2 Å². The Bertz CT molecular complexity index is 847. The summed E-state index contributed by atoms with van der Waals surface area (Å²) in [6.07, 6.45) is 4.20. The first kappa shape index (κ1) is 16.6. The van der Waals surface area contributed by atoms with Crippen LogP contribution in [0.3, 0.4) is 0 Å². The molecule has 136 valence electrons. The number of carbonyl (C=O) groups excluding carboxylic acids is 1. The highest BCUT2D eigenvalue weighted by Crippen LogP contribution is 2.34. The molecule has 1 saturated heterocycles. The van der Waals surface area contributed by atoms with Gasteiger partial charge in [0.25, 0.3) is 0 Å².